The first-order valence-electron chi connectivity index (χ1n) is 6.65. The van der Waals surface area contributed by atoms with Crippen LogP contribution in [-0.4, -0.2) is 29.9 Å². The Balaban J connectivity index is 1.93. The molecule has 1 unspecified atom stereocenters. The van der Waals surface area contributed by atoms with Crippen LogP contribution in [0.2, 0.25) is 0 Å². The van der Waals surface area contributed by atoms with Crippen molar-refractivity contribution in [2.24, 2.45) is 0 Å². The fourth-order valence-electron chi connectivity index (χ4n) is 2.40. The molecule has 0 aromatic heterocycles. The quantitative estimate of drug-likeness (QED) is 0.840. The number of nitrogen functional groups attached to an aromatic ring is 1. The van der Waals surface area contributed by atoms with Gasteiger partial charge in [-0.05, 0) is 60.4 Å². The number of rotatable bonds is 3. The third-order valence-electron chi connectivity index (χ3n) is 3.55. The third-order valence-corrected chi connectivity index (χ3v) is 4.21. The highest BCUT2D eigenvalue weighted by atomic mass is 79.9. The van der Waals surface area contributed by atoms with Crippen molar-refractivity contribution in [3.8, 4) is 0 Å². The molecule has 104 valence electrons. The number of halogens is 1. The van der Waals surface area contributed by atoms with E-state index >= 15 is 0 Å². The zero-order valence-electron chi connectivity index (χ0n) is 11.2. The topological polar surface area (TPSA) is 58.4 Å². The maximum Gasteiger partial charge on any atom is 0.238 e. The predicted molar refractivity (Wildman–Crippen MR) is 82.1 cm³/mol. The van der Waals surface area contributed by atoms with Crippen LogP contribution < -0.4 is 11.1 Å². The monoisotopic (exact) mass is 325 g/mol. The number of carbonyl (C=O) groups excluding carboxylic acids is 1. The van der Waals surface area contributed by atoms with Crippen LogP contribution in [0, 0.1) is 0 Å². The average molecular weight is 326 g/mol. The minimum absolute atomic E-state index is 0.0271. The molecule has 1 heterocycles. The maximum atomic E-state index is 12.1. The van der Waals surface area contributed by atoms with Gasteiger partial charge in [0.1, 0.15) is 0 Å². The van der Waals surface area contributed by atoms with Crippen molar-refractivity contribution in [2.75, 3.05) is 24.1 Å². The largest absolute Gasteiger partial charge is 0.399 e. The van der Waals surface area contributed by atoms with Crippen LogP contribution >= 0.6 is 15.9 Å². The van der Waals surface area contributed by atoms with Gasteiger partial charge in [0.15, 0.2) is 0 Å². The average Bonchev–Trinajstić information content (AvgIpc) is 2.36. The van der Waals surface area contributed by atoms with Crippen LogP contribution in [0.25, 0.3) is 0 Å². The Labute approximate surface area is 122 Å². The van der Waals surface area contributed by atoms with E-state index in [9.17, 15) is 4.79 Å². The molecule has 1 atom stereocenters. The van der Waals surface area contributed by atoms with E-state index in [1.807, 2.05) is 6.07 Å². The minimum atomic E-state index is 0.0271. The zero-order chi connectivity index (χ0) is 13.8. The summed E-state index contributed by atoms with van der Waals surface area (Å²) in [7, 11) is 0. The van der Waals surface area contributed by atoms with E-state index in [-0.39, 0.29) is 5.91 Å². The second-order valence-corrected chi connectivity index (χ2v) is 5.96. The summed E-state index contributed by atoms with van der Waals surface area (Å²) in [6.07, 6.45) is 3.63. The van der Waals surface area contributed by atoms with Crippen molar-refractivity contribution < 1.29 is 4.79 Å². The molecule has 4 nitrogen and oxygen atoms in total. The van der Waals surface area contributed by atoms with Crippen LogP contribution in [0.5, 0.6) is 0 Å². The first kappa shape index (κ1) is 14.3. The summed E-state index contributed by atoms with van der Waals surface area (Å²) in [5.41, 5.74) is 7.12. The Kier molecular flexibility index (Phi) is 4.82. The number of hydrogen-bond acceptors (Lipinski definition) is 3. The number of nitrogens with zero attached hydrogens (tertiary/aromatic N) is 1. The molecule has 19 heavy (non-hydrogen) atoms. The molecule has 1 aromatic carbocycles. The second-order valence-electron chi connectivity index (χ2n) is 5.10. The second kappa shape index (κ2) is 6.39. The van der Waals surface area contributed by atoms with Gasteiger partial charge < -0.3 is 11.1 Å². The van der Waals surface area contributed by atoms with Crippen LogP contribution in [0.3, 0.4) is 0 Å². The Bertz CT molecular complexity index is 464. The number of anilines is 2. The third kappa shape index (κ3) is 3.94. The Morgan fingerprint density at radius 2 is 2.32 bits per heavy atom. The normalized spacial score (nSPS) is 20.2. The fraction of sp³-hybridized carbons (Fsp3) is 0.500. The molecule has 5 heteroatoms. The van der Waals surface area contributed by atoms with Crippen molar-refractivity contribution >= 4 is 33.2 Å². The molecule has 0 bridgehead atoms. The lowest BCUT2D eigenvalue weighted by atomic mass is 10.0. The summed E-state index contributed by atoms with van der Waals surface area (Å²) in [6, 6.07) is 5.88. The van der Waals surface area contributed by atoms with E-state index < -0.39 is 0 Å². The number of hydrogen-bond donors (Lipinski definition) is 2. The van der Waals surface area contributed by atoms with Crippen molar-refractivity contribution in [1.29, 1.82) is 0 Å². The summed E-state index contributed by atoms with van der Waals surface area (Å²) >= 11 is 3.40. The van der Waals surface area contributed by atoms with Gasteiger partial charge >= 0.3 is 0 Å². The van der Waals surface area contributed by atoms with E-state index in [1.54, 1.807) is 12.1 Å². The number of piperidine rings is 1. The molecule has 1 fully saturated rings. The highest BCUT2D eigenvalue weighted by molar-refractivity contribution is 9.10. The number of carbonyl (C=O) groups is 1. The van der Waals surface area contributed by atoms with Gasteiger partial charge in [-0.15, -0.1) is 0 Å². The van der Waals surface area contributed by atoms with Gasteiger partial charge in [-0.2, -0.15) is 0 Å². The Hall–Kier alpha value is -1.07. The number of amides is 1. The zero-order valence-corrected chi connectivity index (χ0v) is 12.7. The highest BCUT2D eigenvalue weighted by Gasteiger charge is 2.20. The summed E-state index contributed by atoms with van der Waals surface area (Å²) in [4.78, 5) is 14.3. The lowest BCUT2D eigenvalue weighted by molar-refractivity contribution is -0.118. The first-order valence-corrected chi connectivity index (χ1v) is 7.44. The van der Waals surface area contributed by atoms with Crippen LogP contribution in [-0.2, 0) is 4.79 Å². The van der Waals surface area contributed by atoms with Crippen molar-refractivity contribution in [3.63, 3.8) is 0 Å². The molecule has 3 N–H and O–H groups in total. The predicted octanol–water partition coefficient (Wildman–Crippen LogP) is 2.84. The van der Waals surface area contributed by atoms with Gasteiger partial charge in [-0.1, -0.05) is 6.42 Å². The van der Waals surface area contributed by atoms with Gasteiger partial charge in [0.25, 0.3) is 0 Å². The van der Waals surface area contributed by atoms with Crippen LogP contribution in [0.1, 0.15) is 26.2 Å². The molecule has 1 amide bonds. The Morgan fingerprint density at radius 1 is 1.53 bits per heavy atom. The molecule has 0 saturated carbocycles. The summed E-state index contributed by atoms with van der Waals surface area (Å²) in [6.45, 7) is 3.65. The highest BCUT2D eigenvalue weighted by Crippen LogP contribution is 2.24. The molecular formula is C14H20BrN3O. The standard InChI is InChI=1S/C14H20BrN3O/c1-10-4-2-3-7-18(10)9-14(19)17-13-6-5-11(16)8-12(13)15/h5-6,8,10H,2-4,7,9,16H2,1H3,(H,17,19). The summed E-state index contributed by atoms with van der Waals surface area (Å²) in [5, 5.41) is 2.92. The number of benzene rings is 1. The van der Waals surface area contributed by atoms with E-state index in [2.05, 4.69) is 33.1 Å². The molecule has 0 spiro atoms. The minimum Gasteiger partial charge on any atom is -0.399 e. The van der Waals surface area contributed by atoms with Gasteiger partial charge in [-0.25, -0.2) is 0 Å². The molecule has 2 rings (SSSR count). The number of likely N-dealkylation sites (tertiary alicyclic amines) is 1. The molecular weight excluding hydrogens is 306 g/mol. The van der Waals surface area contributed by atoms with Gasteiger partial charge in [0.2, 0.25) is 5.91 Å². The van der Waals surface area contributed by atoms with Crippen LogP contribution in [0.4, 0.5) is 11.4 Å². The maximum absolute atomic E-state index is 12.1. The smallest absolute Gasteiger partial charge is 0.238 e. The van der Waals surface area contributed by atoms with Gasteiger partial charge in [-0.3, -0.25) is 9.69 Å². The van der Waals surface area contributed by atoms with Gasteiger partial charge in [0, 0.05) is 16.2 Å². The SMILES string of the molecule is CC1CCCCN1CC(=O)Nc1ccc(N)cc1Br. The van der Waals surface area contributed by atoms with E-state index in [0.29, 0.717) is 18.3 Å². The molecule has 0 aliphatic carbocycles. The van der Waals surface area contributed by atoms with Gasteiger partial charge in [0.05, 0.1) is 12.2 Å². The van der Waals surface area contributed by atoms with Crippen molar-refractivity contribution in [1.82, 2.24) is 4.90 Å². The molecule has 1 saturated heterocycles. The first-order chi connectivity index (χ1) is 9.06. The van der Waals surface area contributed by atoms with E-state index in [0.717, 1.165) is 16.7 Å². The van der Waals surface area contributed by atoms with Crippen molar-refractivity contribution in [2.45, 2.75) is 32.2 Å². The lowest BCUT2D eigenvalue weighted by Gasteiger charge is -2.32. The molecule has 1 aliphatic heterocycles. The van der Waals surface area contributed by atoms with Crippen molar-refractivity contribution in [3.05, 3.63) is 22.7 Å². The summed E-state index contributed by atoms with van der Waals surface area (Å²) < 4.78 is 0.813. The Morgan fingerprint density at radius 3 is 3.00 bits per heavy atom. The van der Waals surface area contributed by atoms with E-state index in [4.69, 9.17) is 5.73 Å². The summed E-state index contributed by atoms with van der Waals surface area (Å²) in [5.74, 6) is 0.0271. The molecule has 0 radical (unpaired) electrons. The van der Waals surface area contributed by atoms with Crippen LogP contribution in [0.15, 0.2) is 22.7 Å². The molecule has 1 aliphatic rings. The number of nitrogens with two attached hydrogens (primary N) is 1. The fourth-order valence-corrected chi connectivity index (χ4v) is 2.90. The number of nitrogens with one attached hydrogen (secondary N) is 1. The van der Waals surface area contributed by atoms with E-state index in [1.165, 1.54) is 19.3 Å². The molecule has 1 aromatic rings. The lowest BCUT2D eigenvalue weighted by Crippen LogP contribution is -2.42.